The molecule has 0 bridgehead atoms. The first-order valence-electron chi connectivity index (χ1n) is 7.66. The Balaban J connectivity index is 1.42. The van der Waals surface area contributed by atoms with Gasteiger partial charge in [0, 0.05) is 31.5 Å². The monoisotopic (exact) mass is 313 g/mol. The Kier molecular flexibility index (Phi) is 4.98. The van der Waals surface area contributed by atoms with Gasteiger partial charge < -0.3 is 15.0 Å². The molecule has 1 aliphatic heterocycles. The van der Waals surface area contributed by atoms with E-state index in [0.717, 1.165) is 18.7 Å². The summed E-state index contributed by atoms with van der Waals surface area (Å²) in [5, 5.41) is 11.2. The molecule has 1 fully saturated rings. The second-order valence-corrected chi connectivity index (χ2v) is 5.39. The minimum atomic E-state index is 0.00630. The van der Waals surface area contributed by atoms with E-state index in [2.05, 4.69) is 20.5 Å². The number of nitrogens with one attached hydrogen (secondary N) is 1. The summed E-state index contributed by atoms with van der Waals surface area (Å²) < 4.78 is 5.46. The lowest BCUT2D eigenvalue weighted by Crippen LogP contribution is -2.44. The Bertz CT molecular complexity index is 615. The van der Waals surface area contributed by atoms with Crippen molar-refractivity contribution in [2.75, 3.05) is 25.0 Å². The predicted molar refractivity (Wildman–Crippen MR) is 85.0 cm³/mol. The van der Waals surface area contributed by atoms with E-state index in [4.69, 9.17) is 4.74 Å². The van der Waals surface area contributed by atoms with Gasteiger partial charge in [-0.1, -0.05) is 0 Å². The summed E-state index contributed by atoms with van der Waals surface area (Å²) in [5.41, 5.74) is 0. The molecule has 1 saturated heterocycles. The van der Waals surface area contributed by atoms with Crippen LogP contribution < -0.4 is 10.1 Å². The number of nitrogens with zero attached hydrogens (tertiary/aromatic N) is 4. The minimum Gasteiger partial charge on any atom is -0.482 e. The van der Waals surface area contributed by atoms with E-state index in [1.807, 2.05) is 17.0 Å². The van der Waals surface area contributed by atoms with Gasteiger partial charge in [0.25, 0.3) is 5.91 Å². The molecule has 3 heterocycles. The third-order valence-electron chi connectivity index (χ3n) is 3.77. The molecule has 23 heavy (non-hydrogen) atoms. The van der Waals surface area contributed by atoms with Crippen LogP contribution >= 0.6 is 0 Å². The van der Waals surface area contributed by atoms with Crippen LogP contribution in [0.5, 0.6) is 5.75 Å². The molecule has 1 amide bonds. The van der Waals surface area contributed by atoms with Crippen LogP contribution in [0.25, 0.3) is 0 Å². The highest BCUT2D eigenvalue weighted by atomic mass is 16.5. The number of carbonyl (C=O) groups is 1. The van der Waals surface area contributed by atoms with Gasteiger partial charge in [-0.25, -0.2) is 0 Å². The molecule has 0 aliphatic carbocycles. The van der Waals surface area contributed by atoms with Crippen molar-refractivity contribution in [1.82, 2.24) is 20.1 Å². The number of carbonyl (C=O) groups excluding carboxylic acids is 1. The van der Waals surface area contributed by atoms with Crippen LogP contribution in [0, 0.1) is 0 Å². The number of likely N-dealkylation sites (tertiary alicyclic amines) is 1. The number of pyridine rings is 1. The van der Waals surface area contributed by atoms with Crippen LogP contribution in [-0.4, -0.2) is 51.7 Å². The smallest absolute Gasteiger partial charge is 0.260 e. The number of hydrogen-bond donors (Lipinski definition) is 1. The fourth-order valence-corrected chi connectivity index (χ4v) is 2.53. The van der Waals surface area contributed by atoms with Crippen LogP contribution in [-0.2, 0) is 4.79 Å². The lowest BCUT2D eigenvalue weighted by molar-refractivity contribution is -0.134. The maximum absolute atomic E-state index is 12.2. The van der Waals surface area contributed by atoms with E-state index in [-0.39, 0.29) is 12.5 Å². The quantitative estimate of drug-likeness (QED) is 0.897. The number of rotatable bonds is 5. The van der Waals surface area contributed by atoms with Gasteiger partial charge in [-0.05, 0) is 37.1 Å². The van der Waals surface area contributed by atoms with Crippen molar-refractivity contribution in [3.05, 3.63) is 42.9 Å². The van der Waals surface area contributed by atoms with E-state index in [9.17, 15) is 4.79 Å². The Morgan fingerprint density at radius 2 is 2.09 bits per heavy atom. The molecular formula is C16H19N5O2. The average molecular weight is 313 g/mol. The van der Waals surface area contributed by atoms with E-state index < -0.39 is 0 Å². The van der Waals surface area contributed by atoms with Gasteiger partial charge >= 0.3 is 0 Å². The normalized spacial score (nSPS) is 15.2. The van der Waals surface area contributed by atoms with Gasteiger partial charge in [0.05, 0.1) is 6.20 Å². The van der Waals surface area contributed by atoms with Crippen LogP contribution in [0.3, 0.4) is 0 Å². The van der Waals surface area contributed by atoms with Gasteiger partial charge in [0.1, 0.15) is 11.6 Å². The maximum atomic E-state index is 12.2. The molecular weight excluding hydrogens is 294 g/mol. The van der Waals surface area contributed by atoms with Gasteiger partial charge in [0.15, 0.2) is 6.61 Å². The number of piperidine rings is 1. The lowest BCUT2D eigenvalue weighted by atomic mass is 10.1. The summed E-state index contributed by atoms with van der Waals surface area (Å²) in [5.74, 6) is 1.39. The van der Waals surface area contributed by atoms with Gasteiger partial charge in [-0.15, -0.1) is 5.10 Å². The van der Waals surface area contributed by atoms with Gasteiger partial charge in [-0.3, -0.25) is 9.78 Å². The summed E-state index contributed by atoms with van der Waals surface area (Å²) in [6.45, 7) is 1.48. The Morgan fingerprint density at radius 1 is 1.26 bits per heavy atom. The molecule has 3 rings (SSSR count). The third-order valence-corrected chi connectivity index (χ3v) is 3.77. The van der Waals surface area contributed by atoms with Crippen LogP contribution in [0.4, 0.5) is 5.82 Å². The molecule has 0 unspecified atom stereocenters. The molecule has 1 N–H and O–H groups in total. The number of anilines is 1. The van der Waals surface area contributed by atoms with Gasteiger partial charge in [0.2, 0.25) is 0 Å². The topological polar surface area (TPSA) is 80.2 Å². The Labute approximate surface area is 134 Å². The SMILES string of the molecule is O=C(COc1cccnc1)N1CCC(Nc2cccnn2)CC1. The summed E-state index contributed by atoms with van der Waals surface area (Å²) in [7, 11) is 0. The van der Waals surface area contributed by atoms with Gasteiger partial charge in [-0.2, -0.15) is 5.10 Å². The second-order valence-electron chi connectivity index (χ2n) is 5.39. The number of amides is 1. The predicted octanol–water partition coefficient (Wildman–Crippen LogP) is 1.35. The molecule has 7 heteroatoms. The summed E-state index contributed by atoms with van der Waals surface area (Å²) in [6, 6.07) is 7.63. The molecule has 120 valence electrons. The van der Waals surface area contributed by atoms with Crippen LogP contribution in [0.2, 0.25) is 0 Å². The van der Waals surface area contributed by atoms with E-state index >= 15 is 0 Å². The molecule has 0 aromatic carbocycles. The van der Waals surface area contributed by atoms with Crippen molar-refractivity contribution >= 4 is 11.7 Å². The molecule has 0 radical (unpaired) electrons. The number of hydrogen-bond acceptors (Lipinski definition) is 6. The molecule has 2 aromatic rings. The van der Waals surface area contributed by atoms with Crippen molar-refractivity contribution in [3.63, 3.8) is 0 Å². The highest BCUT2D eigenvalue weighted by Crippen LogP contribution is 2.15. The highest BCUT2D eigenvalue weighted by molar-refractivity contribution is 5.77. The second kappa shape index (κ2) is 7.53. The standard InChI is InChI=1S/C16H19N5O2/c22-16(12-23-14-3-1-7-17-11-14)21-9-5-13(6-10-21)19-15-4-2-8-18-20-15/h1-4,7-8,11,13H,5-6,9-10,12H2,(H,19,20). The first-order chi connectivity index (χ1) is 11.3. The van der Waals surface area contributed by atoms with Crippen molar-refractivity contribution in [2.45, 2.75) is 18.9 Å². The Morgan fingerprint density at radius 3 is 2.78 bits per heavy atom. The first kappa shape index (κ1) is 15.2. The first-order valence-corrected chi connectivity index (χ1v) is 7.66. The van der Waals surface area contributed by atoms with Crippen molar-refractivity contribution in [1.29, 1.82) is 0 Å². The zero-order valence-corrected chi connectivity index (χ0v) is 12.8. The molecule has 0 spiro atoms. The minimum absolute atomic E-state index is 0.00630. The fraction of sp³-hybridized carbons (Fsp3) is 0.375. The van der Waals surface area contributed by atoms with Crippen molar-refractivity contribution < 1.29 is 9.53 Å². The zero-order chi connectivity index (χ0) is 15.9. The molecule has 0 atom stereocenters. The summed E-state index contributed by atoms with van der Waals surface area (Å²) in [4.78, 5) is 18.0. The molecule has 0 saturated carbocycles. The van der Waals surface area contributed by atoms with E-state index in [1.54, 1.807) is 30.7 Å². The van der Waals surface area contributed by atoms with Crippen molar-refractivity contribution in [3.8, 4) is 5.75 Å². The van der Waals surface area contributed by atoms with Crippen LogP contribution in [0.1, 0.15) is 12.8 Å². The molecule has 1 aliphatic rings. The third kappa shape index (κ3) is 4.38. The lowest BCUT2D eigenvalue weighted by Gasteiger charge is -2.32. The summed E-state index contributed by atoms with van der Waals surface area (Å²) in [6.07, 6.45) is 6.69. The van der Waals surface area contributed by atoms with Crippen LogP contribution in [0.15, 0.2) is 42.9 Å². The number of ether oxygens (including phenoxy) is 1. The Hall–Kier alpha value is -2.70. The molecule has 2 aromatic heterocycles. The maximum Gasteiger partial charge on any atom is 0.260 e. The highest BCUT2D eigenvalue weighted by Gasteiger charge is 2.23. The average Bonchev–Trinajstić information content (AvgIpc) is 2.62. The van der Waals surface area contributed by atoms with Crippen molar-refractivity contribution in [2.24, 2.45) is 0 Å². The van der Waals surface area contributed by atoms with E-state index in [1.165, 1.54) is 0 Å². The summed E-state index contributed by atoms with van der Waals surface area (Å²) >= 11 is 0. The van der Waals surface area contributed by atoms with E-state index in [0.29, 0.717) is 24.9 Å². The molecule has 7 nitrogen and oxygen atoms in total. The largest absolute Gasteiger partial charge is 0.482 e. The number of aromatic nitrogens is 3. The fourth-order valence-electron chi connectivity index (χ4n) is 2.53. The zero-order valence-electron chi connectivity index (χ0n) is 12.8.